The highest BCUT2D eigenvalue weighted by Gasteiger charge is 2.13. The number of carbonyl (C=O) groups excluding carboxylic acids is 1. The van der Waals surface area contributed by atoms with Crippen LogP contribution in [0.1, 0.15) is 28.5 Å². The molecule has 0 fully saturated rings. The highest BCUT2D eigenvalue weighted by atomic mass is 16.2. The smallest absolute Gasteiger partial charge is 0.270 e. The number of hydrogen-bond donors (Lipinski definition) is 1. The van der Waals surface area contributed by atoms with Crippen molar-refractivity contribution in [2.24, 2.45) is 7.05 Å². The van der Waals surface area contributed by atoms with Crippen LogP contribution in [0.15, 0.2) is 53.5 Å². The highest BCUT2D eigenvalue weighted by molar-refractivity contribution is 5.93. The molecule has 0 aliphatic rings. The summed E-state index contributed by atoms with van der Waals surface area (Å²) >= 11 is 0. The highest BCUT2D eigenvalue weighted by Crippen LogP contribution is 2.12. The summed E-state index contributed by atoms with van der Waals surface area (Å²) in [4.78, 5) is 29.0. The second-order valence-electron chi connectivity index (χ2n) is 5.64. The van der Waals surface area contributed by atoms with E-state index in [-0.39, 0.29) is 18.0 Å². The molecule has 0 bridgehead atoms. The first-order chi connectivity index (χ1) is 11.6. The third-order valence-electron chi connectivity index (χ3n) is 4.13. The molecule has 122 valence electrons. The van der Waals surface area contributed by atoms with Gasteiger partial charge in [-0.2, -0.15) is 0 Å². The quantitative estimate of drug-likeness (QED) is 0.802. The molecular formula is C19H19N3O2. The van der Waals surface area contributed by atoms with Gasteiger partial charge in [0.05, 0.1) is 5.52 Å². The maximum atomic E-state index is 12.5. The molecule has 0 aliphatic carbocycles. The van der Waals surface area contributed by atoms with Gasteiger partial charge in [-0.1, -0.05) is 31.2 Å². The Morgan fingerprint density at radius 3 is 2.75 bits per heavy atom. The molecule has 3 aromatic rings. The van der Waals surface area contributed by atoms with E-state index in [1.807, 2.05) is 49.4 Å². The predicted octanol–water partition coefficient (Wildman–Crippen LogP) is 2.43. The average Bonchev–Trinajstić information content (AvgIpc) is 2.63. The monoisotopic (exact) mass is 321 g/mol. The van der Waals surface area contributed by atoms with Crippen LogP contribution in [0.25, 0.3) is 10.9 Å². The Bertz CT molecular complexity index is 960. The second kappa shape index (κ2) is 6.66. The number of fused-ring (bicyclic) bond motifs is 1. The maximum Gasteiger partial charge on any atom is 0.270 e. The number of nitrogens with zero attached hydrogens (tertiary/aromatic N) is 2. The number of nitrogens with one attached hydrogen (secondary N) is 1. The predicted molar refractivity (Wildman–Crippen MR) is 94.0 cm³/mol. The largest absolute Gasteiger partial charge is 0.346 e. The number of hydrogen-bond acceptors (Lipinski definition) is 3. The van der Waals surface area contributed by atoms with Gasteiger partial charge in [0.1, 0.15) is 5.69 Å². The first kappa shape index (κ1) is 15.9. The molecule has 0 unspecified atom stereocenters. The number of aromatic nitrogens is 2. The van der Waals surface area contributed by atoms with E-state index < -0.39 is 0 Å². The van der Waals surface area contributed by atoms with Gasteiger partial charge in [0.25, 0.3) is 11.5 Å². The number of pyridine rings is 2. The van der Waals surface area contributed by atoms with E-state index in [4.69, 9.17) is 0 Å². The number of carbonyl (C=O) groups is 1. The zero-order valence-corrected chi connectivity index (χ0v) is 13.7. The molecule has 0 aliphatic heterocycles. The van der Waals surface area contributed by atoms with Gasteiger partial charge >= 0.3 is 0 Å². The number of para-hydroxylation sites is 1. The van der Waals surface area contributed by atoms with Gasteiger partial charge in [-0.25, -0.2) is 0 Å². The minimum Gasteiger partial charge on any atom is -0.346 e. The molecule has 0 saturated carbocycles. The molecule has 24 heavy (non-hydrogen) atoms. The van der Waals surface area contributed by atoms with Crippen molar-refractivity contribution in [1.29, 1.82) is 0 Å². The van der Waals surface area contributed by atoms with Crippen molar-refractivity contribution in [2.75, 3.05) is 0 Å². The molecular weight excluding hydrogens is 302 g/mol. The van der Waals surface area contributed by atoms with E-state index in [2.05, 4.69) is 10.3 Å². The SMILES string of the molecule is CCc1cccnc1C(=O)NCc1cc2ccccc2n(C)c1=O. The third-order valence-corrected chi connectivity index (χ3v) is 4.13. The fraction of sp³-hybridized carbons (Fsp3) is 0.211. The van der Waals surface area contributed by atoms with E-state index in [9.17, 15) is 9.59 Å². The molecule has 5 nitrogen and oxygen atoms in total. The van der Waals surface area contributed by atoms with Crippen LogP contribution in [0.5, 0.6) is 0 Å². The van der Waals surface area contributed by atoms with Crippen LogP contribution in [0.4, 0.5) is 0 Å². The van der Waals surface area contributed by atoms with Crippen molar-refractivity contribution in [3.05, 3.63) is 75.8 Å². The van der Waals surface area contributed by atoms with Gasteiger partial charge in [-0.05, 0) is 35.6 Å². The zero-order chi connectivity index (χ0) is 17.1. The molecule has 0 atom stereocenters. The molecule has 2 heterocycles. The molecule has 2 aromatic heterocycles. The van der Waals surface area contributed by atoms with E-state index >= 15 is 0 Å². The van der Waals surface area contributed by atoms with Crippen molar-refractivity contribution in [2.45, 2.75) is 19.9 Å². The molecule has 1 N–H and O–H groups in total. The Morgan fingerprint density at radius 2 is 1.96 bits per heavy atom. The Hall–Kier alpha value is -2.95. The summed E-state index contributed by atoms with van der Waals surface area (Å²) in [6, 6.07) is 13.2. The van der Waals surface area contributed by atoms with Crippen molar-refractivity contribution >= 4 is 16.8 Å². The van der Waals surface area contributed by atoms with Crippen LogP contribution in [0.3, 0.4) is 0 Å². The Kier molecular flexibility index (Phi) is 4.42. The fourth-order valence-electron chi connectivity index (χ4n) is 2.80. The number of aryl methyl sites for hydroxylation is 2. The van der Waals surface area contributed by atoms with E-state index in [0.717, 1.165) is 22.9 Å². The van der Waals surface area contributed by atoms with E-state index in [1.165, 1.54) is 0 Å². The normalized spacial score (nSPS) is 10.8. The summed E-state index contributed by atoms with van der Waals surface area (Å²) in [6.07, 6.45) is 2.33. The molecule has 0 saturated heterocycles. The minimum absolute atomic E-state index is 0.106. The molecule has 1 amide bonds. The second-order valence-corrected chi connectivity index (χ2v) is 5.64. The summed E-state index contributed by atoms with van der Waals surface area (Å²) < 4.78 is 1.61. The van der Waals surface area contributed by atoms with E-state index in [0.29, 0.717) is 11.3 Å². The fourth-order valence-corrected chi connectivity index (χ4v) is 2.80. The molecule has 1 aromatic carbocycles. The summed E-state index contributed by atoms with van der Waals surface area (Å²) in [5.74, 6) is -0.261. The van der Waals surface area contributed by atoms with Gasteiger partial charge < -0.3 is 9.88 Å². The maximum absolute atomic E-state index is 12.5. The Balaban J connectivity index is 1.87. The van der Waals surface area contributed by atoms with Gasteiger partial charge in [-0.3, -0.25) is 14.6 Å². The lowest BCUT2D eigenvalue weighted by molar-refractivity contribution is 0.0944. The Morgan fingerprint density at radius 1 is 1.17 bits per heavy atom. The van der Waals surface area contributed by atoms with Gasteiger partial charge in [0.15, 0.2) is 0 Å². The summed E-state index contributed by atoms with van der Waals surface area (Å²) in [5, 5.41) is 3.78. The lowest BCUT2D eigenvalue weighted by Crippen LogP contribution is -2.30. The van der Waals surface area contributed by atoms with Gasteiger partial charge in [0, 0.05) is 25.4 Å². The first-order valence-electron chi connectivity index (χ1n) is 7.91. The molecule has 3 rings (SSSR count). The van der Waals surface area contributed by atoms with Crippen molar-refractivity contribution in [3.63, 3.8) is 0 Å². The van der Waals surface area contributed by atoms with Crippen LogP contribution in [0.2, 0.25) is 0 Å². The van der Waals surface area contributed by atoms with Crippen LogP contribution in [-0.2, 0) is 20.0 Å². The van der Waals surface area contributed by atoms with Gasteiger partial charge in [-0.15, -0.1) is 0 Å². The minimum atomic E-state index is -0.261. The van der Waals surface area contributed by atoms with Crippen LogP contribution >= 0.6 is 0 Å². The van der Waals surface area contributed by atoms with Crippen molar-refractivity contribution in [1.82, 2.24) is 14.9 Å². The average molecular weight is 321 g/mol. The van der Waals surface area contributed by atoms with Crippen LogP contribution < -0.4 is 10.9 Å². The third kappa shape index (κ3) is 2.93. The molecule has 5 heteroatoms. The molecule has 0 spiro atoms. The summed E-state index contributed by atoms with van der Waals surface area (Å²) in [6.45, 7) is 2.16. The van der Waals surface area contributed by atoms with Crippen molar-refractivity contribution in [3.8, 4) is 0 Å². The summed E-state index contributed by atoms with van der Waals surface area (Å²) in [5.41, 5.74) is 2.62. The number of rotatable bonds is 4. The first-order valence-corrected chi connectivity index (χ1v) is 7.91. The lowest BCUT2D eigenvalue weighted by Gasteiger charge is -2.10. The van der Waals surface area contributed by atoms with Gasteiger partial charge in [0.2, 0.25) is 0 Å². The van der Waals surface area contributed by atoms with Crippen molar-refractivity contribution < 1.29 is 4.79 Å². The Labute approximate surface area is 140 Å². The standard InChI is InChI=1S/C19H19N3O2/c1-3-13-8-6-10-20-17(13)18(23)21-12-15-11-14-7-4-5-9-16(14)22(2)19(15)24/h4-11H,3,12H2,1-2H3,(H,21,23). The summed E-state index contributed by atoms with van der Waals surface area (Å²) in [7, 11) is 1.74. The lowest BCUT2D eigenvalue weighted by atomic mass is 10.1. The van der Waals surface area contributed by atoms with E-state index in [1.54, 1.807) is 17.8 Å². The van der Waals surface area contributed by atoms with Crippen LogP contribution in [-0.4, -0.2) is 15.5 Å². The topological polar surface area (TPSA) is 64.0 Å². The number of benzene rings is 1. The molecule has 0 radical (unpaired) electrons. The zero-order valence-electron chi connectivity index (χ0n) is 13.7. The number of amides is 1. The van der Waals surface area contributed by atoms with Crippen LogP contribution in [0, 0.1) is 0 Å².